The average Bonchev–Trinajstić information content (AvgIpc) is 2.47. The van der Waals surface area contributed by atoms with Crippen molar-refractivity contribution in [2.24, 2.45) is 5.92 Å². The van der Waals surface area contributed by atoms with Gasteiger partial charge in [-0.25, -0.2) is 0 Å². The molecule has 0 amide bonds. The zero-order valence-electron chi connectivity index (χ0n) is 8.55. The maximum atomic E-state index is 10.3. The van der Waals surface area contributed by atoms with Crippen LogP contribution >= 0.6 is 0 Å². The van der Waals surface area contributed by atoms with Gasteiger partial charge in [-0.2, -0.15) is 0 Å². The first-order chi connectivity index (χ1) is 6.23. The zero-order chi connectivity index (χ0) is 9.73. The molecule has 1 heteroatoms. The second kappa shape index (κ2) is 4.67. The van der Waals surface area contributed by atoms with Crippen LogP contribution in [0, 0.1) is 18.3 Å². The Morgan fingerprint density at radius 2 is 2.38 bits per heavy atom. The lowest BCUT2D eigenvalue weighted by Gasteiger charge is -2.29. The Morgan fingerprint density at radius 1 is 1.62 bits per heavy atom. The molecule has 1 N–H and O–H groups in total. The zero-order valence-corrected chi connectivity index (χ0v) is 8.55. The van der Waals surface area contributed by atoms with Crippen molar-refractivity contribution in [3.05, 3.63) is 0 Å². The number of hydrogen-bond acceptors (Lipinski definition) is 1. The standard InChI is InChI=1S/C12H20O/c1-3-5-6-9-12(13)10-7-8-11(12)4-2/h1,11,13H,4-10H2,2H3. The predicted octanol–water partition coefficient (Wildman–Crippen LogP) is 2.73. The number of aliphatic hydroxyl groups is 1. The van der Waals surface area contributed by atoms with Gasteiger partial charge in [0.05, 0.1) is 5.60 Å². The monoisotopic (exact) mass is 180 g/mol. The summed E-state index contributed by atoms with van der Waals surface area (Å²) in [7, 11) is 0. The lowest BCUT2D eigenvalue weighted by molar-refractivity contribution is -0.00818. The Kier molecular flexibility index (Phi) is 3.81. The van der Waals surface area contributed by atoms with Gasteiger partial charge in [-0.1, -0.05) is 19.8 Å². The minimum absolute atomic E-state index is 0.383. The van der Waals surface area contributed by atoms with Crippen LogP contribution in [0.5, 0.6) is 0 Å². The van der Waals surface area contributed by atoms with Gasteiger partial charge in [0, 0.05) is 6.42 Å². The molecule has 1 saturated carbocycles. The molecule has 0 saturated heterocycles. The summed E-state index contributed by atoms with van der Waals surface area (Å²) in [4.78, 5) is 0. The molecular weight excluding hydrogens is 160 g/mol. The van der Waals surface area contributed by atoms with E-state index in [-0.39, 0.29) is 5.60 Å². The third-order valence-electron chi connectivity index (χ3n) is 3.35. The number of rotatable bonds is 4. The summed E-state index contributed by atoms with van der Waals surface area (Å²) < 4.78 is 0. The lowest BCUT2D eigenvalue weighted by atomic mass is 9.84. The summed E-state index contributed by atoms with van der Waals surface area (Å²) in [6, 6.07) is 0. The molecule has 0 aromatic rings. The minimum atomic E-state index is -0.383. The van der Waals surface area contributed by atoms with Crippen molar-refractivity contribution in [1.29, 1.82) is 0 Å². The van der Waals surface area contributed by atoms with Gasteiger partial charge in [-0.05, 0) is 31.6 Å². The Hall–Kier alpha value is -0.480. The Labute approximate surface area is 81.5 Å². The van der Waals surface area contributed by atoms with Crippen LogP contribution in [0.4, 0.5) is 0 Å². The first-order valence-electron chi connectivity index (χ1n) is 5.39. The largest absolute Gasteiger partial charge is 0.390 e. The summed E-state index contributed by atoms with van der Waals surface area (Å²) in [6.07, 6.45) is 12.3. The van der Waals surface area contributed by atoms with Crippen LogP contribution in [-0.2, 0) is 0 Å². The van der Waals surface area contributed by atoms with Crippen LogP contribution in [0.3, 0.4) is 0 Å². The second-order valence-electron chi connectivity index (χ2n) is 4.16. The molecule has 1 fully saturated rings. The van der Waals surface area contributed by atoms with Gasteiger partial charge >= 0.3 is 0 Å². The first-order valence-corrected chi connectivity index (χ1v) is 5.39. The van der Waals surface area contributed by atoms with E-state index < -0.39 is 0 Å². The maximum Gasteiger partial charge on any atom is 0.0676 e. The first kappa shape index (κ1) is 10.6. The number of hydrogen-bond donors (Lipinski definition) is 1. The quantitative estimate of drug-likeness (QED) is 0.521. The van der Waals surface area contributed by atoms with E-state index in [0.29, 0.717) is 5.92 Å². The van der Waals surface area contributed by atoms with E-state index in [1.165, 1.54) is 12.8 Å². The summed E-state index contributed by atoms with van der Waals surface area (Å²) in [6.45, 7) is 2.17. The van der Waals surface area contributed by atoms with Gasteiger partial charge in [0.2, 0.25) is 0 Å². The van der Waals surface area contributed by atoms with Crippen LogP contribution in [0.15, 0.2) is 0 Å². The average molecular weight is 180 g/mol. The summed E-state index contributed by atoms with van der Waals surface area (Å²) in [5.41, 5.74) is -0.383. The third-order valence-corrected chi connectivity index (χ3v) is 3.35. The van der Waals surface area contributed by atoms with Gasteiger partial charge in [-0.15, -0.1) is 12.3 Å². The van der Waals surface area contributed by atoms with E-state index in [0.717, 1.165) is 32.1 Å². The molecule has 0 bridgehead atoms. The molecule has 74 valence electrons. The van der Waals surface area contributed by atoms with Crippen molar-refractivity contribution in [2.45, 2.75) is 57.5 Å². The van der Waals surface area contributed by atoms with Gasteiger partial charge in [0.1, 0.15) is 0 Å². The van der Waals surface area contributed by atoms with Crippen molar-refractivity contribution < 1.29 is 5.11 Å². The topological polar surface area (TPSA) is 20.2 Å². The summed E-state index contributed by atoms with van der Waals surface area (Å²) >= 11 is 0. The fraction of sp³-hybridized carbons (Fsp3) is 0.833. The van der Waals surface area contributed by atoms with E-state index in [2.05, 4.69) is 12.8 Å². The van der Waals surface area contributed by atoms with Gasteiger partial charge < -0.3 is 5.11 Å². The van der Waals surface area contributed by atoms with Crippen LogP contribution in [0.2, 0.25) is 0 Å². The van der Waals surface area contributed by atoms with Crippen molar-refractivity contribution in [3.8, 4) is 12.3 Å². The van der Waals surface area contributed by atoms with E-state index >= 15 is 0 Å². The molecule has 0 spiro atoms. The summed E-state index contributed by atoms with van der Waals surface area (Å²) in [5, 5.41) is 10.3. The highest BCUT2D eigenvalue weighted by Crippen LogP contribution is 2.40. The second-order valence-corrected chi connectivity index (χ2v) is 4.16. The number of unbranched alkanes of at least 4 members (excludes halogenated alkanes) is 1. The highest BCUT2D eigenvalue weighted by atomic mass is 16.3. The van der Waals surface area contributed by atoms with Crippen molar-refractivity contribution in [3.63, 3.8) is 0 Å². The Bertz CT molecular complexity index is 192. The molecule has 0 aliphatic heterocycles. The van der Waals surface area contributed by atoms with Crippen LogP contribution < -0.4 is 0 Å². The van der Waals surface area contributed by atoms with Gasteiger partial charge in [0.15, 0.2) is 0 Å². The Balaban J connectivity index is 2.40. The molecule has 2 unspecified atom stereocenters. The molecular formula is C12H20O. The van der Waals surface area contributed by atoms with Crippen LogP contribution in [0.1, 0.15) is 51.9 Å². The Morgan fingerprint density at radius 3 is 3.00 bits per heavy atom. The lowest BCUT2D eigenvalue weighted by Crippen LogP contribution is -2.32. The maximum absolute atomic E-state index is 10.3. The van der Waals surface area contributed by atoms with E-state index in [1.54, 1.807) is 0 Å². The molecule has 2 atom stereocenters. The SMILES string of the molecule is C#CCCCC1(O)CCCC1CC. The fourth-order valence-electron chi connectivity index (χ4n) is 2.54. The van der Waals surface area contributed by atoms with Crippen LogP contribution in [0.25, 0.3) is 0 Å². The summed E-state index contributed by atoms with van der Waals surface area (Å²) in [5.74, 6) is 3.15. The van der Waals surface area contributed by atoms with Crippen molar-refractivity contribution in [2.75, 3.05) is 0 Å². The molecule has 0 aromatic heterocycles. The molecule has 1 nitrogen and oxygen atoms in total. The molecule has 0 radical (unpaired) electrons. The molecule has 0 aromatic carbocycles. The highest BCUT2D eigenvalue weighted by Gasteiger charge is 2.38. The smallest absolute Gasteiger partial charge is 0.0676 e. The highest BCUT2D eigenvalue weighted by molar-refractivity contribution is 4.93. The molecule has 1 aliphatic rings. The van der Waals surface area contributed by atoms with Gasteiger partial charge in [0.25, 0.3) is 0 Å². The molecule has 1 aliphatic carbocycles. The molecule has 1 rings (SSSR count). The van der Waals surface area contributed by atoms with E-state index in [1.807, 2.05) is 0 Å². The van der Waals surface area contributed by atoms with E-state index in [4.69, 9.17) is 6.42 Å². The number of terminal acetylenes is 1. The molecule has 13 heavy (non-hydrogen) atoms. The fourth-order valence-corrected chi connectivity index (χ4v) is 2.54. The van der Waals surface area contributed by atoms with Crippen molar-refractivity contribution >= 4 is 0 Å². The minimum Gasteiger partial charge on any atom is -0.390 e. The third kappa shape index (κ3) is 2.48. The molecule has 0 heterocycles. The normalized spacial score (nSPS) is 33.2. The van der Waals surface area contributed by atoms with Gasteiger partial charge in [-0.3, -0.25) is 0 Å². The van der Waals surface area contributed by atoms with E-state index in [9.17, 15) is 5.11 Å². The van der Waals surface area contributed by atoms with Crippen LogP contribution in [-0.4, -0.2) is 10.7 Å². The van der Waals surface area contributed by atoms with Crippen molar-refractivity contribution in [1.82, 2.24) is 0 Å². The predicted molar refractivity (Wildman–Crippen MR) is 55.3 cm³/mol.